The molecular weight excluding hydrogens is 360 g/mol. The Kier molecular flexibility index (Phi) is 4.65. The largest absolute Gasteiger partial charge is 0.496 e. The molecule has 2 heterocycles. The van der Waals surface area contributed by atoms with Gasteiger partial charge in [-0.15, -0.1) is 0 Å². The van der Waals surface area contributed by atoms with E-state index in [1.54, 1.807) is 43.3 Å². The molecule has 0 fully saturated rings. The van der Waals surface area contributed by atoms with Crippen molar-refractivity contribution in [3.8, 4) is 17.2 Å². The zero-order valence-corrected chi connectivity index (χ0v) is 15.7. The quantitative estimate of drug-likeness (QED) is 0.804. The number of carbonyl (C=O) groups excluding carboxylic acids is 2. The molecular formula is C21H20N2O5. The number of para-hydroxylation sites is 1. The van der Waals surface area contributed by atoms with Crippen molar-refractivity contribution >= 4 is 23.1 Å². The zero-order chi connectivity index (χ0) is 19.7. The monoisotopic (exact) mass is 380 g/mol. The van der Waals surface area contributed by atoms with E-state index >= 15 is 0 Å². The third-order valence-electron chi connectivity index (χ3n) is 4.67. The number of anilines is 1. The molecule has 0 radical (unpaired) electrons. The Bertz CT molecular complexity index is 983. The second-order valence-corrected chi connectivity index (χ2v) is 6.29. The lowest BCUT2D eigenvalue weighted by molar-refractivity contribution is -0.136. The van der Waals surface area contributed by atoms with E-state index in [1.165, 1.54) is 12.0 Å². The Hall–Kier alpha value is -3.48. The number of nitrogens with zero attached hydrogens (tertiary/aromatic N) is 1. The number of carbonyl (C=O) groups is 2. The first-order valence-corrected chi connectivity index (χ1v) is 9.04. The van der Waals surface area contributed by atoms with E-state index in [0.29, 0.717) is 47.3 Å². The van der Waals surface area contributed by atoms with Gasteiger partial charge >= 0.3 is 0 Å². The first kappa shape index (κ1) is 17.9. The number of fused-ring (bicyclic) bond motifs is 1. The number of benzene rings is 2. The molecule has 4 rings (SSSR count). The van der Waals surface area contributed by atoms with Crippen LogP contribution in [0, 0.1) is 0 Å². The summed E-state index contributed by atoms with van der Waals surface area (Å²) in [5.74, 6) is 1.05. The highest BCUT2D eigenvalue weighted by molar-refractivity contribution is 6.37. The molecule has 2 aromatic carbocycles. The van der Waals surface area contributed by atoms with Gasteiger partial charge in [0.2, 0.25) is 0 Å². The average molecular weight is 380 g/mol. The summed E-state index contributed by atoms with van der Waals surface area (Å²) in [6, 6.07) is 12.5. The average Bonchev–Trinajstić information content (AvgIpc) is 2.96. The number of hydrogen-bond acceptors (Lipinski definition) is 6. The maximum Gasteiger partial charge on any atom is 0.278 e. The van der Waals surface area contributed by atoms with Crippen LogP contribution in [-0.4, -0.2) is 43.6 Å². The second-order valence-electron chi connectivity index (χ2n) is 6.29. The molecule has 0 saturated heterocycles. The lowest BCUT2D eigenvalue weighted by atomic mass is 10.0. The summed E-state index contributed by atoms with van der Waals surface area (Å²) in [4.78, 5) is 27.1. The van der Waals surface area contributed by atoms with Crippen LogP contribution in [-0.2, 0) is 9.59 Å². The van der Waals surface area contributed by atoms with Crippen molar-refractivity contribution in [3.63, 3.8) is 0 Å². The van der Waals surface area contributed by atoms with Gasteiger partial charge in [0.15, 0.2) is 11.5 Å². The lowest BCUT2D eigenvalue weighted by Crippen LogP contribution is -2.32. The third-order valence-corrected chi connectivity index (χ3v) is 4.67. The minimum atomic E-state index is -0.372. The molecule has 0 unspecified atom stereocenters. The summed E-state index contributed by atoms with van der Waals surface area (Å²) >= 11 is 0. The van der Waals surface area contributed by atoms with Crippen molar-refractivity contribution < 1.29 is 23.8 Å². The van der Waals surface area contributed by atoms with Crippen LogP contribution in [0.1, 0.15) is 12.5 Å². The molecule has 2 amide bonds. The first-order valence-electron chi connectivity index (χ1n) is 9.04. The van der Waals surface area contributed by atoms with Gasteiger partial charge in [-0.05, 0) is 25.1 Å². The van der Waals surface area contributed by atoms with Crippen LogP contribution in [0.3, 0.4) is 0 Å². The van der Waals surface area contributed by atoms with Crippen LogP contribution in [0.15, 0.2) is 48.2 Å². The topological polar surface area (TPSA) is 77.1 Å². The third kappa shape index (κ3) is 2.94. The number of likely N-dealkylation sites (N-methyl/N-ethyl adjacent to an activating group) is 1. The lowest BCUT2D eigenvalue weighted by Gasteiger charge is -2.19. The van der Waals surface area contributed by atoms with Crippen molar-refractivity contribution in [2.75, 3.05) is 32.2 Å². The molecule has 1 N–H and O–H groups in total. The Balaban J connectivity index is 1.79. The number of nitrogens with one attached hydrogen (secondary N) is 1. The molecule has 0 atom stereocenters. The van der Waals surface area contributed by atoms with Gasteiger partial charge in [0, 0.05) is 23.9 Å². The number of imide groups is 1. The molecule has 2 aromatic rings. The van der Waals surface area contributed by atoms with Gasteiger partial charge in [-0.2, -0.15) is 0 Å². The summed E-state index contributed by atoms with van der Waals surface area (Å²) in [5, 5.41) is 3.11. The molecule has 28 heavy (non-hydrogen) atoms. The minimum Gasteiger partial charge on any atom is -0.496 e. The standard InChI is InChI=1S/C21H20N2O5/c1-3-23-20(24)18(14-6-4-5-7-15(14)26-2)19(21(23)25)22-13-8-9-16-17(12-13)28-11-10-27-16/h4-9,12,22H,3,10-11H2,1-2H3. The Labute approximate surface area is 162 Å². The molecule has 0 aromatic heterocycles. The van der Waals surface area contributed by atoms with Crippen LogP contribution in [0.4, 0.5) is 5.69 Å². The van der Waals surface area contributed by atoms with Crippen molar-refractivity contribution in [2.24, 2.45) is 0 Å². The van der Waals surface area contributed by atoms with E-state index < -0.39 is 0 Å². The fourth-order valence-electron chi connectivity index (χ4n) is 3.35. The maximum absolute atomic E-state index is 13.0. The first-order chi connectivity index (χ1) is 13.6. The minimum absolute atomic E-state index is 0.216. The normalized spacial score (nSPS) is 15.9. The fraction of sp³-hybridized carbons (Fsp3) is 0.238. The highest BCUT2D eigenvalue weighted by Crippen LogP contribution is 2.37. The van der Waals surface area contributed by atoms with Crippen molar-refractivity contribution in [1.82, 2.24) is 4.90 Å². The van der Waals surface area contributed by atoms with Gasteiger partial charge in [0.1, 0.15) is 24.7 Å². The summed E-state index contributed by atoms with van der Waals surface area (Å²) in [6.45, 7) is 3.01. The molecule has 7 nitrogen and oxygen atoms in total. The van der Waals surface area contributed by atoms with Gasteiger partial charge in [-0.25, -0.2) is 0 Å². The van der Waals surface area contributed by atoms with E-state index in [4.69, 9.17) is 14.2 Å². The number of rotatable bonds is 5. The van der Waals surface area contributed by atoms with Gasteiger partial charge < -0.3 is 19.5 Å². The van der Waals surface area contributed by atoms with Crippen molar-refractivity contribution in [3.05, 3.63) is 53.7 Å². The molecule has 2 aliphatic heterocycles. The van der Waals surface area contributed by atoms with Crippen LogP contribution in [0.5, 0.6) is 17.2 Å². The second kappa shape index (κ2) is 7.26. The summed E-state index contributed by atoms with van der Waals surface area (Å²) in [7, 11) is 1.53. The fourth-order valence-corrected chi connectivity index (χ4v) is 3.35. The molecule has 2 aliphatic rings. The molecule has 144 valence electrons. The van der Waals surface area contributed by atoms with E-state index in [1.807, 2.05) is 6.07 Å². The van der Waals surface area contributed by atoms with Gasteiger partial charge in [0.25, 0.3) is 11.8 Å². The number of amides is 2. The Morgan fingerprint density at radius 1 is 1.04 bits per heavy atom. The van der Waals surface area contributed by atoms with Crippen molar-refractivity contribution in [1.29, 1.82) is 0 Å². The van der Waals surface area contributed by atoms with Crippen LogP contribution >= 0.6 is 0 Å². The van der Waals surface area contributed by atoms with Crippen LogP contribution in [0.25, 0.3) is 5.57 Å². The maximum atomic E-state index is 13.0. The highest BCUT2D eigenvalue weighted by Gasteiger charge is 2.39. The molecule has 0 aliphatic carbocycles. The summed E-state index contributed by atoms with van der Waals surface area (Å²) < 4.78 is 16.5. The van der Waals surface area contributed by atoms with Gasteiger partial charge in [-0.3, -0.25) is 14.5 Å². The molecule has 0 bridgehead atoms. The van der Waals surface area contributed by atoms with E-state index in [9.17, 15) is 9.59 Å². The van der Waals surface area contributed by atoms with Crippen LogP contribution in [0.2, 0.25) is 0 Å². The number of ether oxygens (including phenoxy) is 3. The number of methoxy groups -OCH3 is 1. The summed E-state index contributed by atoms with van der Waals surface area (Å²) in [5.41, 5.74) is 1.71. The highest BCUT2D eigenvalue weighted by atomic mass is 16.6. The van der Waals surface area contributed by atoms with E-state index in [2.05, 4.69) is 5.32 Å². The molecule has 7 heteroatoms. The molecule has 0 spiro atoms. The Morgan fingerprint density at radius 3 is 2.54 bits per heavy atom. The van der Waals surface area contributed by atoms with Crippen LogP contribution < -0.4 is 19.5 Å². The zero-order valence-electron chi connectivity index (χ0n) is 15.7. The van der Waals surface area contributed by atoms with Gasteiger partial charge in [0.05, 0.1) is 12.7 Å². The van der Waals surface area contributed by atoms with Crippen molar-refractivity contribution in [2.45, 2.75) is 6.92 Å². The SMILES string of the molecule is CCN1C(=O)C(Nc2ccc3c(c2)OCCO3)=C(c2ccccc2OC)C1=O. The predicted octanol–water partition coefficient (Wildman–Crippen LogP) is 2.68. The van der Waals surface area contributed by atoms with E-state index in [-0.39, 0.29) is 24.1 Å². The summed E-state index contributed by atoms with van der Waals surface area (Å²) in [6.07, 6.45) is 0. The van der Waals surface area contributed by atoms with Gasteiger partial charge in [-0.1, -0.05) is 18.2 Å². The smallest absolute Gasteiger partial charge is 0.278 e. The predicted molar refractivity (Wildman–Crippen MR) is 103 cm³/mol. The van der Waals surface area contributed by atoms with E-state index in [0.717, 1.165) is 0 Å². The molecule has 0 saturated carbocycles. The number of hydrogen-bond donors (Lipinski definition) is 1. The Morgan fingerprint density at radius 2 is 1.79 bits per heavy atom.